The van der Waals surface area contributed by atoms with Gasteiger partial charge in [0.15, 0.2) is 0 Å². The van der Waals surface area contributed by atoms with Gasteiger partial charge >= 0.3 is 0 Å². The molecule has 1 aromatic carbocycles. The van der Waals surface area contributed by atoms with E-state index in [0.29, 0.717) is 4.09 Å². The summed E-state index contributed by atoms with van der Waals surface area (Å²) in [5.74, 6) is 0. The molecule has 7 heteroatoms. The summed E-state index contributed by atoms with van der Waals surface area (Å²) in [7, 11) is -4.06. The van der Waals surface area contributed by atoms with E-state index in [0.717, 1.165) is 17.7 Å². The van der Waals surface area contributed by atoms with Crippen LogP contribution in [0.3, 0.4) is 0 Å². The zero-order valence-electron chi connectivity index (χ0n) is 9.45. The molecule has 0 saturated carbocycles. The smallest absolute Gasteiger partial charge is 0.268 e. The summed E-state index contributed by atoms with van der Waals surface area (Å²) in [5.41, 5.74) is -0.580. The van der Waals surface area contributed by atoms with Gasteiger partial charge in [-0.2, -0.15) is 8.42 Å². The highest BCUT2D eigenvalue weighted by molar-refractivity contribution is 7.89. The highest BCUT2D eigenvalue weighted by atomic mass is 32.2. The van der Waals surface area contributed by atoms with Crippen LogP contribution in [0.1, 0.15) is 5.56 Å². The van der Waals surface area contributed by atoms with Crippen LogP contribution in [0.4, 0.5) is 0 Å². The Kier molecular flexibility index (Phi) is 2.92. The van der Waals surface area contributed by atoms with Crippen molar-refractivity contribution in [2.24, 2.45) is 0 Å². The van der Waals surface area contributed by atoms with Gasteiger partial charge in [0.25, 0.3) is 21.1 Å². The standard InChI is InChI=1S/C11H10N2O4S/c1-8-2-4-9(5-3-8)18(16,17)13-11(15)7-6-10(14)12-13/h2-7H,1H3,(H,12,14). The monoisotopic (exact) mass is 266 g/mol. The van der Waals surface area contributed by atoms with E-state index in [9.17, 15) is 18.0 Å². The lowest BCUT2D eigenvalue weighted by Gasteiger charge is -2.06. The fraction of sp³-hybridized carbons (Fsp3) is 0.0909. The van der Waals surface area contributed by atoms with E-state index in [4.69, 9.17) is 0 Å². The molecule has 0 amide bonds. The van der Waals surface area contributed by atoms with Crippen LogP contribution in [0.15, 0.2) is 50.9 Å². The first-order valence-electron chi connectivity index (χ1n) is 5.06. The maximum Gasteiger partial charge on any atom is 0.284 e. The second-order valence-corrected chi connectivity index (χ2v) is 5.52. The van der Waals surface area contributed by atoms with Gasteiger partial charge in [-0.05, 0) is 19.1 Å². The normalized spacial score (nSPS) is 11.4. The molecule has 94 valence electrons. The second kappa shape index (κ2) is 4.26. The minimum atomic E-state index is -4.06. The molecular formula is C11H10N2O4S. The summed E-state index contributed by atoms with van der Waals surface area (Å²) in [6, 6.07) is 7.86. The molecule has 6 nitrogen and oxygen atoms in total. The van der Waals surface area contributed by atoms with Crippen molar-refractivity contribution in [2.75, 3.05) is 0 Å². The van der Waals surface area contributed by atoms with Gasteiger partial charge in [0.1, 0.15) is 0 Å². The molecule has 0 unspecified atom stereocenters. The predicted octanol–water partition coefficient (Wildman–Crippen LogP) is 0.0820. The number of rotatable bonds is 2. The van der Waals surface area contributed by atoms with Crippen molar-refractivity contribution >= 4 is 10.0 Å². The van der Waals surface area contributed by atoms with Crippen LogP contribution in [0, 0.1) is 6.92 Å². The van der Waals surface area contributed by atoms with E-state index < -0.39 is 21.1 Å². The topological polar surface area (TPSA) is 89.0 Å². The number of hydrogen-bond donors (Lipinski definition) is 1. The third-order valence-corrected chi connectivity index (χ3v) is 3.97. The van der Waals surface area contributed by atoms with Crippen molar-refractivity contribution in [3.63, 3.8) is 0 Å². The zero-order chi connectivity index (χ0) is 13.3. The van der Waals surface area contributed by atoms with Gasteiger partial charge in [-0.15, -0.1) is 4.09 Å². The van der Waals surface area contributed by atoms with Crippen molar-refractivity contribution in [2.45, 2.75) is 11.8 Å². The Morgan fingerprint density at radius 2 is 1.61 bits per heavy atom. The Balaban J connectivity index is 2.69. The fourth-order valence-corrected chi connectivity index (χ4v) is 2.60. The van der Waals surface area contributed by atoms with Gasteiger partial charge in [-0.1, -0.05) is 17.7 Å². The average Bonchev–Trinajstić information content (AvgIpc) is 2.32. The number of aryl methyl sites for hydroxylation is 1. The third kappa shape index (κ3) is 2.12. The number of H-pyrrole nitrogens is 1. The summed E-state index contributed by atoms with van der Waals surface area (Å²) in [5, 5.41) is 1.99. The van der Waals surface area contributed by atoms with Crippen molar-refractivity contribution in [1.82, 2.24) is 9.19 Å². The third-order valence-electron chi connectivity index (χ3n) is 2.35. The molecule has 0 aliphatic rings. The highest BCUT2D eigenvalue weighted by Gasteiger charge is 2.18. The molecule has 0 radical (unpaired) electrons. The first-order valence-corrected chi connectivity index (χ1v) is 6.50. The fourth-order valence-electron chi connectivity index (χ4n) is 1.40. The molecule has 18 heavy (non-hydrogen) atoms. The molecule has 0 spiro atoms. The SMILES string of the molecule is Cc1ccc(S(=O)(=O)n2[nH]c(=O)ccc2=O)cc1. The average molecular weight is 266 g/mol. The van der Waals surface area contributed by atoms with Gasteiger partial charge in [0, 0.05) is 12.1 Å². The van der Waals surface area contributed by atoms with Gasteiger partial charge in [0.05, 0.1) is 4.90 Å². The second-order valence-electron chi connectivity index (χ2n) is 3.73. The summed E-state index contributed by atoms with van der Waals surface area (Å²) in [6.07, 6.45) is 0. The Hall–Kier alpha value is -2.15. The molecule has 1 N–H and O–H groups in total. The zero-order valence-corrected chi connectivity index (χ0v) is 10.3. The summed E-state index contributed by atoms with van der Waals surface area (Å²) in [6.45, 7) is 1.81. The summed E-state index contributed by atoms with van der Waals surface area (Å²) < 4.78 is 24.6. The van der Waals surface area contributed by atoms with Crippen LogP contribution in [0.25, 0.3) is 0 Å². The van der Waals surface area contributed by atoms with E-state index in [2.05, 4.69) is 0 Å². The molecule has 0 bridgehead atoms. The van der Waals surface area contributed by atoms with E-state index in [1.54, 1.807) is 12.1 Å². The Morgan fingerprint density at radius 3 is 2.22 bits per heavy atom. The number of nitrogens with zero attached hydrogens (tertiary/aromatic N) is 1. The summed E-state index contributed by atoms with van der Waals surface area (Å²) >= 11 is 0. The van der Waals surface area contributed by atoms with Gasteiger partial charge < -0.3 is 0 Å². The maximum atomic E-state index is 12.1. The molecule has 0 saturated heterocycles. The van der Waals surface area contributed by atoms with Crippen LogP contribution in [0.2, 0.25) is 0 Å². The summed E-state index contributed by atoms with van der Waals surface area (Å²) in [4.78, 5) is 22.5. The van der Waals surface area contributed by atoms with Gasteiger partial charge in [-0.25, -0.2) is 5.10 Å². The molecule has 0 fully saturated rings. The first kappa shape index (κ1) is 12.3. The number of aromatic nitrogens is 2. The van der Waals surface area contributed by atoms with Crippen molar-refractivity contribution in [3.05, 3.63) is 62.7 Å². The quantitative estimate of drug-likeness (QED) is 0.833. The van der Waals surface area contributed by atoms with Crippen LogP contribution in [-0.4, -0.2) is 17.6 Å². The van der Waals surface area contributed by atoms with Crippen molar-refractivity contribution in [3.8, 4) is 0 Å². The lowest BCUT2D eigenvalue weighted by atomic mass is 10.2. The molecule has 0 aliphatic carbocycles. The van der Waals surface area contributed by atoms with Crippen LogP contribution < -0.4 is 11.1 Å². The Bertz CT molecular complexity index is 785. The van der Waals surface area contributed by atoms with Crippen molar-refractivity contribution < 1.29 is 8.42 Å². The minimum absolute atomic E-state index is 0.0583. The molecule has 2 rings (SSSR count). The predicted molar refractivity (Wildman–Crippen MR) is 65.1 cm³/mol. The molecule has 1 aromatic heterocycles. The van der Waals surface area contributed by atoms with Gasteiger partial charge in [0.2, 0.25) is 0 Å². The van der Waals surface area contributed by atoms with E-state index in [1.165, 1.54) is 12.1 Å². The molecular weight excluding hydrogens is 256 g/mol. The van der Waals surface area contributed by atoms with E-state index in [-0.39, 0.29) is 4.90 Å². The lowest BCUT2D eigenvalue weighted by molar-refractivity contribution is 0.574. The number of hydrogen-bond acceptors (Lipinski definition) is 4. The van der Waals surface area contributed by atoms with E-state index in [1.807, 2.05) is 12.0 Å². The van der Waals surface area contributed by atoms with Gasteiger partial charge in [-0.3, -0.25) is 9.59 Å². The minimum Gasteiger partial charge on any atom is -0.268 e. The first-order chi connectivity index (χ1) is 8.41. The number of aromatic amines is 1. The Labute approximate surface area is 103 Å². The van der Waals surface area contributed by atoms with Crippen molar-refractivity contribution in [1.29, 1.82) is 0 Å². The molecule has 0 aliphatic heterocycles. The molecule has 2 aromatic rings. The maximum absolute atomic E-state index is 12.1. The Morgan fingerprint density at radius 1 is 1.00 bits per heavy atom. The number of nitrogens with one attached hydrogen (secondary N) is 1. The van der Waals surface area contributed by atoms with Crippen LogP contribution in [-0.2, 0) is 10.0 Å². The molecule has 1 heterocycles. The molecule has 0 atom stereocenters. The van der Waals surface area contributed by atoms with Crippen LogP contribution >= 0.6 is 0 Å². The lowest BCUT2D eigenvalue weighted by Crippen LogP contribution is -2.33. The van der Waals surface area contributed by atoms with E-state index >= 15 is 0 Å². The largest absolute Gasteiger partial charge is 0.284 e. The van der Waals surface area contributed by atoms with Crippen LogP contribution in [0.5, 0.6) is 0 Å². The highest BCUT2D eigenvalue weighted by Crippen LogP contribution is 2.11. The number of benzene rings is 1.